The van der Waals surface area contributed by atoms with Crippen molar-refractivity contribution in [2.24, 2.45) is 5.92 Å². The lowest BCUT2D eigenvalue weighted by Gasteiger charge is -2.32. The van der Waals surface area contributed by atoms with Crippen molar-refractivity contribution in [3.05, 3.63) is 90.3 Å². The number of nitrogens with one attached hydrogen (secondary N) is 1. The second kappa shape index (κ2) is 8.70. The zero-order valence-electron chi connectivity index (χ0n) is 15.9. The minimum Gasteiger partial charge on any atom is -0.354 e. The molecule has 1 amide bonds. The molecule has 1 aliphatic rings. The fraction of sp³-hybridized carbons (Fsp3) is 0.250. The van der Waals surface area contributed by atoms with Crippen molar-refractivity contribution in [1.29, 1.82) is 0 Å². The molecule has 1 N–H and O–H groups in total. The highest BCUT2D eigenvalue weighted by Crippen LogP contribution is 2.23. The fourth-order valence-electron chi connectivity index (χ4n) is 3.73. The molecule has 0 bridgehead atoms. The molecule has 2 heterocycles. The van der Waals surface area contributed by atoms with Gasteiger partial charge in [-0.3, -0.25) is 4.79 Å². The number of pyridine rings is 1. The molecule has 4 nitrogen and oxygen atoms in total. The number of benzene rings is 2. The van der Waals surface area contributed by atoms with Gasteiger partial charge in [0.25, 0.3) is 5.91 Å². The van der Waals surface area contributed by atoms with Gasteiger partial charge in [0.15, 0.2) is 0 Å². The molecule has 1 saturated heterocycles. The maximum absolute atomic E-state index is 12.8. The van der Waals surface area contributed by atoms with E-state index in [4.69, 9.17) is 0 Å². The first-order chi connectivity index (χ1) is 13.8. The van der Waals surface area contributed by atoms with Crippen LogP contribution in [0, 0.1) is 5.92 Å². The van der Waals surface area contributed by atoms with E-state index in [2.05, 4.69) is 40.6 Å². The average Bonchev–Trinajstić information content (AvgIpc) is 2.76. The molecule has 0 aliphatic carbocycles. The van der Waals surface area contributed by atoms with Crippen LogP contribution in [0.15, 0.2) is 79.0 Å². The lowest BCUT2D eigenvalue weighted by atomic mass is 9.90. The number of anilines is 2. The van der Waals surface area contributed by atoms with Gasteiger partial charge in [0, 0.05) is 18.8 Å². The van der Waals surface area contributed by atoms with Crippen LogP contribution in [0.3, 0.4) is 0 Å². The Kier molecular flexibility index (Phi) is 5.66. The highest BCUT2D eigenvalue weighted by Gasteiger charge is 2.24. The fourth-order valence-corrected chi connectivity index (χ4v) is 3.73. The summed E-state index contributed by atoms with van der Waals surface area (Å²) in [5.41, 5.74) is 3.78. The molecule has 1 aliphatic heterocycles. The van der Waals surface area contributed by atoms with Crippen LogP contribution in [0.4, 0.5) is 11.4 Å². The van der Waals surface area contributed by atoms with Crippen LogP contribution in [-0.4, -0.2) is 28.9 Å². The Bertz CT molecular complexity index is 886. The number of hydrogen-bond donors (Lipinski definition) is 1. The number of carbonyl (C=O) groups excluding carboxylic acids is 1. The van der Waals surface area contributed by atoms with Gasteiger partial charge in [0.2, 0.25) is 0 Å². The Balaban J connectivity index is 1.31. The number of piperidine rings is 1. The normalized spacial score (nSPS) is 14.6. The van der Waals surface area contributed by atoms with E-state index in [-0.39, 0.29) is 5.91 Å². The monoisotopic (exact) mass is 371 g/mol. The summed E-state index contributed by atoms with van der Waals surface area (Å²) in [7, 11) is 0. The minimum atomic E-state index is 0.0319. The lowest BCUT2D eigenvalue weighted by Crippen LogP contribution is -2.39. The second-order valence-electron chi connectivity index (χ2n) is 7.35. The molecular weight excluding hydrogens is 346 g/mol. The van der Waals surface area contributed by atoms with E-state index >= 15 is 0 Å². The van der Waals surface area contributed by atoms with Crippen molar-refractivity contribution in [3.8, 4) is 0 Å². The van der Waals surface area contributed by atoms with Crippen molar-refractivity contribution in [1.82, 2.24) is 9.88 Å². The third-order valence-corrected chi connectivity index (χ3v) is 5.31. The van der Waals surface area contributed by atoms with Crippen molar-refractivity contribution < 1.29 is 4.79 Å². The summed E-state index contributed by atoms with van der Waals surface area (Å²) >= 11 is 0. The highest BCUT2D eigenvalue weighted by molar-refractivity contribution is 5.92. The van der Waals surface area contributed by atoms with E-state index in [1.807, 2.05) is 47.4 Å². The second-order valence-corrected chi connectivity index (χ2v) is 7.35. The van der Waals surface area contributed by atoms with Crippen molar-refractivity contribution in [2.45, 2.75) is 19.3 Å². The van der Waals surface area contributed by atoms with Crippen molar-refractivity contribution in [2.75, 3.05) is 18.4 Å². The van der Waals surface area contributed by atoms with Crippen LogP contribution in [0.2, 0.25) is 0 Å². The van der Waals surface area contributed by atoms with Gasteiger partial charge < -0.3 is 10.2 Å². The quantitative estimate of drug-likeness (QED) is 0.692. The van der Waals surface area contributed by atoms with Crippen LogP contribution < -0.4 is 5.32 Å². The number of para-hydroxylation sites is 1. The predicted molar refractivity (Wildman–Crippen MR) is 113 cm³/mol. The third kappa shape index (κ3) is 4.58. The first-order valence-electron chi connectivity index (χ1n) is 9.89. The van der Waals surface area contributed by atoms with Crippen LogP contribution in [0.25, 0.3) is 0 Å². The van der Waals surface area contributed by atoms with E-state index < -0.39 is 0 Å². The summed E-state index contributed by atoms with van der Waals surface area (Å²) in [6.45, 7) is 1.62. The van der Waals surface area contributed by atoms with Gasteiger partial charge >= 0.3 is 0 Å². The topological polar surface area (TPSA) is 45.2 Å². The standard InChI is InChI=1S/C24H25N3O/c28-24(23-12-11-22(18-25-23)26-21-9-5-2-6-10-21)27-15-13-20(14-16-27)17-19-7-3-1-4-8-19/h1-12,18,20,26H,13-17H2. The van der Waals surface area contributed by atoms with E-state index in [0.717, 1.165) is 43.7 Å². The molecule has 4 rings (SSSR count). The Morgan fingerprint density at radius 3 is 2.21 bits per heavy atom. The molecule has 142 valence electrons. The zero-order chi connectivity index (χ0) is 19.2. The summed E-state index contributed by atoms with van der Waals surface area (Å²) in [4.78, 5) is 19.1. The summed E-state index contributed by atoms with van der Waals surface area (Å²) in [5.74, 6) is 0.682. The van der Waals surface area contributed by atoms with E-state index in [9.17, 15) is 4.79 Å². The molecule has 0 spiro atoms. The van der Waals surface area contributed by atoms with Gasteiger partial charge in [-0.15, -0.1) is 0 Å². The maximum atomic E-state index is 12.8. The van der Waals surface area contributed by atoms with Crippen LogP contribution in [-0.2, 0) is 6.42 Å². The van der Waals surface area contributed by atoms with Crippen molar-refractivity contribution >= 4 is 17.3 Å². The molecule has 2 aromatic carbocycles. The average molecular weight is 371 g/mol. The molecule has 28 heavy (non-hydrogen) atoms. The Hall–Kier alpha value is -3.14. The number of nitrogens with zero attached hydrogens (tertiary/aromatic N) is 2. The Morgan fingerprint density at radius 1 is 0.893 bits per heavy atom. The molecule has 3 aromatic rings. The Morgan fingerprint density at radius 2 is 1.57 bits per heavy atom. The van der Waals surface area contributed by atoms with E-state index in [0.29, 0.717) is 11.6 Å². The van der Waals surface area contributed by atoms with Gasteiger partial charge in [0.05, 0.1) is 11.9 Å². The van der Waals surface area contributed by atoms with E-state index in [1.165, 1.54) is 5.56 Å². The first-order valence-corrected chi connectivity index (χ1v) is 9.89. The molecule has 0 radical (unpaired) electrons. The van der Waals surface area contributed by atoms with Gasteiger partial charge in [-0.2, -0.15) is 0 Å². The van der Waals surface area contributed by atoms with Gasteiger partial charge in [-0.1, -0.05) is 48.5 Å². The number of hydrogen-bond acceptors (Lipinski definition) is 3. The molecule has 1 fully saturated rings. The van der Waals surface area contributed by atoms with Crippen LogP contribution in [0.5, 0.6) is 0 Å². The lowest BCUT2D eigenvalue weighted by molar-refractivity contribution is 0.0684. The highest BCUT2D eigenvalue weighted by atomic mass is 16.2. The Labute approximate surface area is 166 Å². The third-order valence-electron chi connectivity index (χ3n) is 5.31. The van der Waals surface area contributed by atoms with Crippen LogP contribution in [0.1, 0.15) is 28.9 Å². The number of likely N-dealkylation sites (tertiary alicyclic amines) is 1. The molecule has 0 saturated carbocycles. The SMILES string of the molecule is O=C(c1ccc(Nc2ccccc2)cn1)N1CCC(Cc2ccccc2)CC1. The summed E-state index contributed by atoms with van der Waals surface area (Å²) in [6.07, 6.45) is 4.92. The predicted octanol–water partition coefficient (Wildman–Crippen LogP) is 4.92. The van der Waals surface area contributed by atoms with E-state index in [1.54, 1.807) is 6.20 Å². The van der Waals surface area contributed by atoms with Gasteiger partial charge in [-0.05, 0) is 55.0 Å². The first kappa shape index (κ1) is 18.2. The summed E-state index contributed by atoms with van der Waals surface area (Å²) in [5, 5.41) is 3.29. The smallest absolute Gasteiger partial charge is 0.272 e. The van der Waals surface area contributed by atoms with Crippen LogP contribution >= 0.6 is 0 Å². The van der Waals surface area contributed by atoms with Gasteiger partial charge in [-0.25, -0.2) is 4.98 Å². The summed E-state index contributed by atoms with van der Waals surface area (Å²) in [6, 6.07) is 24.3. The zero-order valence-corrected chi connectivity index (χ0v) is 15.9. The van der Waals surface area contributed by atoms with Crippen molar-refractivity contribution in [3.63, 3.8) is 0 Å². The molecule has 4 heteroatoms. The molecule has 0 atom stereocenters. The molecule has 0 unspecified atom stereocenters. The minimum absolute atomic E-state index is 0.0319. The van der Waals surface area contributed by atoms with Gasteiger partial charge in [0.1, 0.15) is 5.69 Å². The number of rotatable bonds is 5. The molecular formula is C24H25N3O. The number of carbonyl (C=O) groups is 1. The summed E-state index contributed by atoms with van der Waals surface area (Å²) < 4.78 is 0. The largest absolute Gasteiger partial charge is 0.354 e. The number of amides is 1. The number of aromatic nitrogens is 1. The molecule has 1 aromatic heterocycles. The maximum Gasteiger partial charge on any atom is 0.272 e.